The van der Waals surface area contributed by atoms with Crippen LogP contribution in [0.5, 0.6) is 0 Å². The minimum Gasteiger partial charge on any atom is -0.383 e. The number of methoxy groups -OCH3 is 1. The lowest BCUT2D eigenvalue weighted by atomic mass is 10.1. The second-order valence-corrected chi connectivity index (χ2v) is 4.81. The molecule has 1 aromatic rings. The topological polar surface area (TPSA) is 50.4 Å². The van der Waals surface area contributed by atoms with Crippen molar-refractivity contribution in [3.8, 4) is 0 Å². The molecule has 100 valence electrons. The number of halogens is 1. The largest absolute Gasteiger partial charge is 0.383 e. The molecule has 0 unspecified atom stereocenters. The van der Waals surface area contributed by atoms with Gasteiger partial charge in [0.25, 0.3) is 0 Å². The summed E-state index contributed by atoms with van der Waals surface area (Å²) in [5.74, 6) is 0.0169. The van der Waals surface area contributed by atoms with Gasteiger partial charge in [-0.3, -0.25) is 4.79 Å². The van der Waals surface area contributed by atoms with Crippen molar-refractivity contribution >= 4 is 21.8 Å². The Morgan fingerprint density at radius 2 is 2.00 bits per heavy atom. The van der Waals surface area contributed by atoms with Crippen LogP contribution in [0.4, 0.5) is 0 Å². The third-order valence-electron chi connectivity index (χ3n) is 2.42. The van der Waals surface area contributed by atoms with Crippen LogP contribution >= 0.6 is 15.9 Å². The Balaban J connectivity index is 2.10. The molecule has 0 aliphatic heterocycles. The summed E-state index contributed by atoms with van der Waals surface area (Å²) in [6, 6.07) is 8.10. The van der Waals surface area contributed by atoms with Gasteiger partial charge in [0.15, 0.2) is 0 Å². The Kier molecular flexibility index (Phi) is 7.64. The van der Waals surface area contributed by atoms with E-state index in [-0.39, 0.29) is 5.91 Å². The normalized spacial score (nSPS) is 10.3. The standard InChI is InChI=1S/C13H19BrN2O2/c1-18-9-8-15-10-13(17)16-7-6-11-2-4-12(14)5-3-11/h2-5,15H,6-10H2,1H3,(H,16,17). The number of carbonyl (C=O) groups is 1. The molecule has 18 heavy (non-hydrogen) atoms. The van der Waals surface area contributed by atoms with Gasteiger partial charge in [-0.2, -0.15) is 0 Å². The maximum absolute atomic E-state index is 11.4. The molecule has 0 aliphatic rings. The predicted octanol–water partition coefficient (Wildman–Crippen LogP) is 1.34. The van der Waals surface area contributed by atoms with Gasteiger partial charge in [-0.25, -0.2) is 0 Å². The number of rotatable bonds is 8. The molecule has 0 aliphatic carbocycles. The molecule has 1 rings (SSSR count). The second kappa shape index (κ2) is 9.08. The quantitative estimate of drug-likeness (QED) is 0.712. The van der Waals surface area contributed by atoms with Crippen molar-refractivity contribution in [3.63, 3.8) is 0 Å². The van der Waals surface area contributed by atoms with E-state index in [0.717, 1.165) is 10.9 Å². The zero-order valence-corrected chi connectivity index (χ0v) is 12.1. The Labute approximate surface area is 116 Å². The smallest absolute Gasteiger partial charge is 0.233 e. The highest BCUT2D eigenvalue weighted by atomic mass is 79.9. The second-order valence-electron chi connectivity index (χ2n) is 3.90. The van der Waals surface area contributed by atoms with Gasteiger partial charge in [0, 0.05) is 24.7 Å². The van der Waals surface area contributed by atoms with E-state index in [4.69, 9.17) is 4.74 Å². The fraction of sp³-hybridized carbons (Fsp3) is 0.462. The first-order valence-electron chi connectivity index (χ1n) is 5.93. The molecule has 0 fully saturated rings. The van der Waals surface area contributed by atoms with Crippen LogP contribution in [0, 0.1) is 0 Å². The summed E-state index contributed by atoms with van der Waals surface area (Å²) in [7, 11) is 1.64. The monoisotopic (exact) mass is 314 g/mol. The first-order valence-corrected chi connectivity index (χ1v) is 6.72. The molecule has 1 aromatic carbocycles. The minimum absolute atomic E-state index is 0.0169. The SMILES string of the molecule is COCCNCC(=O)NCCc1ccc(Br)cc1. The zero-order chi connectivity index (χ0) is 13.2. The molecule has 0 atom stereocenters. The third-order valence-corrected chi connectivity index (χ3v) is 2.95. The van der Waals surface area contributed by atoms with Crippen LogP contribution in [0.25, 0.3) is 0 Å². The summed E-state index contributed by atoms with van der Waals surface area (Å²) in [4.78, 5) is 11.4. The number of benzene rings is 1. The molecule has 0 heterocycles. The van der Waals surface area contributed by atoms with E-state index in [1.165, 1.54) is 5.56 Å². The summed E-state index contributed by atoms with van der Waals surface area (Å²) < 4.78 is 5.94. The molecule has 0 saturated carbocycles. The van der Waals surface area contributed by atoms with Gasteiger partial charge >= 0.3 is 0 Å². The molecular formula is C13H19BrN2O2. The average molecular weight is 315 g/mol. The van der Waals surface area contributed by atoms with E-state index in [1.54, 1.807) is 7.11 Å². The number of hydrogen-bond donors (Lipinski definition) is 2. The van der Waals surface area contributed by atoms with Crippen LogP contribution in [-0.2, 0) is 16.0 Å². The fourth-order valence-corrected chi connectivity index (χ4v) is 1.70. The maximum Gasteiger partial charge on any atom is 0.233 e. The fourth-order valence-electron chi connectivity index (χ4n) is 1.44. The summed E-state index contributed by atoms with van der Waals surface area (Å²) in [6.45, 7) is 2.30. The van der Waals surface area contributed by atoms with E-state index >= 15 is 0 Å². The van der Waals surface area contributed by atoms with E-state index in [9.17, 15) is 4.79 Å². The molecule has 0 saturated heterocycles. The Morgan fingerprint density at radius 1 is 1.28 bits per heavy atom. The van der Waals surface area contributed by atoms with Crippen molar-refractivity contribution in [2.75, 3.05) is 33.4 Å². The molecule has 4 nitrogen and oxygen atoms in total. The third kappa shape index (κ3) is 6.74. The number of nitrogens with one attached hydrogen (secondary N) is 2. The van der Waals surface area contributed by atoms with Gasteiger partial charge in [0.05, 0.1) is 13.2 Å². The van der Waals surface area contributed by atoms with Gasteiger partial charge in [-0.1, -0.05) is 28.1 Å². The maximum atomic E-state index is 11.4. The van der Waals surface area contributed by atoms with Gasteiger partial charge in [0.2, 0.25) is 5.91 Å². The molecule has 5 heteroatoms. The van der Waals surface area contributed by atoms with Crippen LogP contribution in [0.1, 0.15) is 5.56 Å². The lowest BCUT2D eigenvalue weighted by Crippen LogP contribution is -2.36. The molecule has 0 spiro atoms. The Morgan fingerprint density at radius 3 is 2.67 bits per heavy atom. The number of amides is 1. The van der Waals surface area contributed by atoms with Gasteiger partial charge in [0.1, 0.15) is 0 Å². The lowest BCUT2D eigenvalue weighted by molar-refractivity contribution is -0.120. The highest BCUT2D eigenvalue weighted by molar-refractivity contribution is 9.10. The van der Waals surface area contributed by atoms with E-state index in [1.807, 2.05) is 24.3 Å². The molecule has 1 amide bonds. The predicted molar refractivity (Wildman–Crippen MR) is 75.6 cm³/mol. The lowest BCUT2D eigenvalue weighted by Gasteiger charge is -2.06. The Bertz CT molecular complexity index is 355. The van der Waals surface area contributed by atoms with E-state index in [2.05, 4.69) is 26.6 Å². The first kappa shape index (κ1) is 15.1. The van der Waals surface area contributed by atoms with E-state index < -0.39 is 0 Å². The average Bonchev–Trinajstić information content (AvgIpc) is 2.37. The van der Waals surface area contributed by atoms with Crippen molar-refractivity contribution < 1.29 is 9.53 Å². The van der Waals surface area contributed by atoms with Crippen molar-refractivity contribution in [1.29, 1.82) is 0 Å². The number of hydrogen-bond acceptors (Lipinski definition) is 3. The zero-order valence-electron chi connectivity index (χ0n) is 10.5. The molecule has 0 aromatic heterocycles. The van der Waals surface area contributed by atoms with Crippen molar-refractivity contribution in [2.24, 2.45) is 0 Å². The molecule has 2 N–H and O–H groups in total. The number of ether oxygens (including phenoxy) is 1. The van der Waals surface area contributed by atoms with Gasteiger partial charge in [-0.05, 0) is 24.1 Å². The summed E-state index contributed by atoms with van der Waals surface area (Å²) in [5, 5.41) is 5.87. The Hall–Kier alpha value is -0.910. The highest BCUT2D eigenvalue weighted by Crippen LogP contribution is 2.10. The van der Waals surface area contributed by atoms with Crippen LogP contribution in [0.2, 0.25) is 0 Å². The molecule has 0 bridgehead atoms. The van der Waals surface area contributed by atoms with Crippen LogP contribution in [0.3, 0.4) is 0 Å². The molecule has 0 radical (unpaired) electrons. The minimum atomic E-state index is 0.0169. The first-order chi connectivity index (χ1) is 8.72. The van der Waals surface area contributed by atoms with Crippen LogP contribution in [0.15, 0.2) is 28.7 Å². The van der Waals surface area contributed by atoms with Crippen molar-refractivity contribution in [1.82, 2.24) is 10.6 Å². The molecular weight excluding hydrogens is 296 g/mol. The highest BCUT2D eigenvalue weighted by Gasteiger charge is 1.99. The van der Waals surface area contributed by atoms with Gasteiger partial charge in [-0.15, -0.1) is 0 Å². The van der Waals surface area contributed by atoms with Crippen LogP contribution in [-0.4, -0.2) is 39.3 Å². The summed E-state index contributed by atoms with van der Waals surface area (Å²) in [5.41, 5.74) is 1.21. The summed E-state index contributed by atoms with van der Waals surface area (Å²) >= 11 is 3.39. The van der Waals surface area contributed by atoms with Crippen LogP contribution < -0.4 is 10.6 Å². The number of carbonyl (C=O) groups excluding carboxylic acids is 1. The van der Waals surface area contributed by atoms with E-state index in [0.29, 0.717) is 26.2 Å². The van der Waals surface area contributed by atoms with Gasteiger partial charge < -0.3 is 15.4 Å². The van der Waals surface area contributed by atoms with Crippen molar-refractivity contribution in [3.05, 3.63) is 34.3 Å². The summed E-state index contributed by atoms with van der Waals surface area (Å²) in [6.07, 6.45) is 0.844. The van der Waals surface area contributed by atoms with Crippen molar-refractivity contribution in [2.45, 2.75) is 6.42 Å².